The second kappa shape index (κ2) is 4.85. The maximum absolute atomic E-state index is 13.4. The zero-order chi connectivity index (χ0) is 14.4. The van der Waals surface area contributed by atoms with E-state index in [-0.39, 0.29) is 18.0 Å². The maximum atomic E-state index is 13.4. The van der Waals surface area contributed by atoms with E-state index in [9.17, 15) is 4.39 Å². The largest absolute Gasteiger partial charge is 0.485 e. The minimum Gasteiger partial charge on any atom is -0.485 e. The molecule has 2 aromatic rings. The topological polar surface area (TPSA) is 35.2 Å². The van der Waals surface area contributed by atoms with Crippen LogP contribution in [0.2, 0.25) is 0 Å². The summed E-state index contributed by atoms with van der Waals surface area (Å²) in [5, 5.41) is 0. The van der Waals surface area contributed by atoms with E-state index in [2.05, 4.69) is 18.2 Å². The lowest BCUT2D eigenvalue weighted by Gasteiger charge is -2.31. The molecule has 2 nitrogen and oxygen atoms in total. The van der Waals surface area contributed by atoms with Crippen molar-refractivity contribution in [3.05, 3.63) is 65.0 Å². The Balaban J connectivity index is 1.72. The zero-order valence-corrected chi connectivity index (χ0v) is 11.8. The van der Waals surface area contributed by atoms with Crippen LogP contribution in [0.4, 0.5) is 4.39 Å². The van der Waals surface area contributed by atoms with Crippen LogP contribution in [-0.2, 0) is 0 Å². The Morgan fingerprint density at radius 3 is 2.52 bits per heavy atom. The number of nitrogens with two attached hydrogens (primary N) is 1. The van der Waals surface area contributed by atoms with Crippen molar-refractivity contribution in [1.29, 1.82) is 0 Å². The fourth-order valence-electron chi connectivity index (χ4n) is 3.24. The molecule has 2 N–H and O–H groups in total. The average Bonchev–Trinajstić information content (AvgIpc) is 3.31. The van der Waals surface area contributed by atoms with Crippen molar-refractivity contribution in [3.8, 4) is 5.75 Å². The molecule has 0 spiro atoms. The first kappa shape index (κ1) is 12.8. The van der Waals surface area contributed by atoms with Crippen molar-refractivity contribution in [3.63, 3.8) is 0 Å². The van der Waals surface area contributed by atoms with E-state index < -0.39 is 0 Å². The molecule has 1 saturated carbocycles. The molecule has 4 rings (SSSR count). The molecule has 1 fully saturated rings. The van der Waals surface area contributed by atoms with Crippen molar-refractivity contribution in [1.82, 2.24) is 0 Å². The molecule has 1 aliphatic carbocycles. The minimum absolute atomic E-state index is 0.0777. The molecule has 1 unspecified atom stereocenters. The van der Waals surface area contributed by atoms with Gasteiger partial charge in [0.25, 0.3) is 0 Å². The van der Waals surface area contributed by atoms with Gasteiger partial charge in [0.2, 0.25) is 0 Å². The first-order valence-electron chi connectivity index (χ1n) is 7.53. The number of hydrogen-bond acceptors (Lipinski definition) is 2. The molecule has 2 aromatic carbocycles. The van der Waals surface area contributed by atoms with Gasteiger partial charge in [-0.3, -0.25) is 0 Å². The normalized spacial score (nSPS) is 24.3. The van der Waals surface area contributed by atoms with E-state index in [1.807, 2.05) is 6.07 Å². The van der Waals surface area contributed by atoms with Gasteiger partial charge in [-0.2, -0.15) is 0 Å². The maximum Gasteiger partial charge on any atom is 0.127 e. The molecule has 0 radical (unpaired) electrons. The minimum atomic E-state index is -0.280. The van der Waals surface area contributed by atoms with E-state index in [0.717, 1.165) is 12.0 Å². The molecular weight excluding hydrogens is 265 g/mol. The Morgan fingerprint density at radius 1 is 1.00 bits per heavy atom. The molecule has 0 bridgehead atoms. The Hall–Kier alpha value is -1.87. The van der Waals surface area contributed by atoms with Gasteiger partial charge in [-0.05, 0) is 36.0 Å². The van der Waals surface area contributed by atoms with Crippen molar-refractivity contribution in [2.45, 2.75) is 37.3 Å². The lowest BCUT2D eigenvalue weighted by Crippen LogP contribution is -2.24. The third kappa shape index (κ3) is 2.32. The van der Waals surface area contributed by atoms with Gasteiger partial charge in [0.05, 0.1) is 0 Å². The van der Waals surface area contributed by atoms with Crippen molar-refractivity contribution in [2.24, 2.45) is 5.73 Å². The van der Waals surface area contributed by atoms with Gasteiger partial charge in [0.1, 0.15) is 17.7 Å². The molecule has 0 amide bonds. The quantitative estimate of drug-likeness (QED) is 0.895. The van der Waals surface area contributed by atoms with Gasteiger partial charge in [-0.25, -0.2) is 4.39 Å². The van der Waals surface area contributed by atoms with E-state index in [1.54, 1.807) is 6.07 Å². The predicted octanol–water partition coefficient (Wildman–Crippen LogP) is 4.23. The van der Waals surface area contributed by atoms with Crippen LogP contribution < -0.4 is 10.5 Å². The number of fused-ring (bicyclic) bond motifs is 1. The summed E-state index contributed by atoms with van der Waals surface area (Å²) < 4.78 is 19.5. The predicted molar refractivity (Wildman–Crippen MR) is 79.7 cm³/mol. The van der Waals surface area contributed by atoms with Gasteiger partial charge in [0.15, 0.2) is 0 Å². The average molecular weight is 283 g/mol. The summed E-state index contributed by atoms with van der Waals surface area (Å²) in [6.45, 7) is 0. The summed E-state index contributed by atoms with van der Waals surface area (Å²) in [7, 11) is 0. The fraction of sp³-hybridized carbons (Fsp3) is 0.333. The summed E-state index contributed by atoms with van der Waals surface area (Å²) in [5.74, 6) is 0.969. The Labute approximate surface area is 123 Å². The Kier molecular flexibility index (Phi) is 2.96. The van der Waals surface area contributed by atoms with E-state index in [4.69, 9.17) is 10.5 Å². The van der Waals surface area contributed by atoms with Crippen LogP contribution in [0.15, 0.2) is 42.5 Å². The summed E-state index contributed by atoms with van der Waals surface area (Å²) in [6, 6.07) is 12.9. The molecule has 1 aliphatic heterocycles. The second-order valence-corrected chi connectivity index (χ2v) is 6.03. The number of hydrogen-bond donors (Lipinski definition) is 1. The number of rotatable bonds is 2. The molecule has 1 heterocycles. The molecule has 0 aromatic heterocycles. The molecule has 108 valence electrons. The van der Waals surface area contributed by atoms with E-state index >= 15 is 0 Å². The Morgan fingerprint density at radius 2 is 1.76 bits per heavy atom. The lowest BCUT2D eigenvalue weighted by molar-refractivity contribution is 0.160. The monoisotopic (exact) mass is 283 g/mol. The highest BCUT2D eigenvalue weighted by atomic mass is 19.1. The van der Waals surface area contributed by atoms with Crippen LogP contribution in [0.25, 0.3) is 0 Å². The third-order valence-corrected chi connectivity index (χ3v) is 4.47. The zero-order valence-electron chi connectivity index (χ0n) is 11.8. The molecular formula is C18H18FNO. The summed E-state index contributed by atoms with van der Waals surface area (Å²) >= 11 is 0. The van der Waals surface area contributed by atoms with Crippen LogP contribution in [-0.4, -0.2) is 0 Å². The van der Waals surface area contributed by atoms with Crippen molar-refractivity contribution >= 4 is 0 Å². The first-order valence-corrected chi connectivity index (χ1v) is 7.53. The van der Waals surface area contributed by atoms with Crippen LogP contribution in [0, 0.1) is 5.82 Å². The smallest absolute Gasteiger partial charge is 0.127 e. The van der Waals surface area contributed by atoms with Gasteiger partial charge in [0, 0.05) is 24.1 Å². The fourth-order valence-corrected chi connectivity index (χ4v) is 3.24. The third-order valence-electron chi connectivity index (χ3n) is 4.47. The summed E-state index contributed by atoms with van der Waals surface area (Å²) in [4.78, 5) is 0. The van der Waals surface area contributed by atoms with Crippen LogP contribution >= 0.6 is 0 Å². The molecule has 2 aliphatic rings. The lowest BCUT2D eigenvalue weighted by atomic mass is 9.90. The van der Waals surface area contributed by atoms with Crippen LogP contribution in [0.5, 0.6) is 5.75 Å². The van der Waals surface area contributed by atoms with E-state index in [1.165, 1.54) is 36.1 Å². The number of ether oxygens (including phenoxy) is 1. The highest BCUT2D eigenvalue weighted by molar-refractivity contribution is 5.42. The molecule has 2 atom stereocenters. The van der Waals surface area contributed by atoms with Crippen LogP contribution in [0.3, 0.4) is 0 Å². The number of halogens is 1. The molecule has 0 saturated heterocycles. The standard InChI is InChI=1S/C18H18FNO/c19-12-7-8-15-16(20)10-18(21-17(15)9-12)14-4-2-1-3-13(14)11-5-6-11/h1-4,7-9,11,16,18H,5-6,10,20H2/t16-,18?/m1/s1. The van der Waals surface area contributed by atoms with E-state index in [0.29, 0.717) is 11.7 Å². The van der Waals surface area contributed by atoms with Gasteiger partial charge in [-0.1, -0.05) is 30.3 Å². The number of benzene rings is 2. The summed E-state index contributed by atoms with van der Waals surface area (Å²) in [6.07, 6.45) is 3.16. The van der Waals surface area contributed by atoms with Crippen LogP contribution in [0.1, 0.15) is 54.0 Å². The highest BCUT2D eigenvalue weighted by Crippen LogP contribution is 2.46. The van der Waals surface area contributed by atoms with Crippen molar-refractivity contribution in [2.75, 3.05) is 0 Å². The highest BCUT2D eigenvalue weighted by Gasteiger charge is 2.32. The Bertz CT molecular complexity index is 681. The first-order chi connectivity index (χ1) is 10.2. The molecule has 3 heteroatoms. The SMILES string of the molecule is N[C@@H]1CC(c2ccccc2C2CC2)Oc2cc(F)ccc21. The van der Waals surface area contributed by atoms with Gasteiger partial charge >= 0.3 is 0 Å². The van der Waals surface area contributed by atoms with Gasteiger partial charge in [-0.15, -0.1) is 0 Å². The second-order valence-electron chi connectivity index (χ2n) is 6.03. The summed E-state index contributed by atoms with van der Waals surface area (Å²) in [5.41, 5.74) is 9.75. The van der Waals surface area contributed by atoms with Crippen molar-refractivity contribution < 1.29 is 9.13 Å². The molecule has 21 heavy (non-hydrogen) atoms. The van der Waals surface area contributed by atoms with Gasteiger partial charge < -0.3 is 10.5 Å².